The number of para-hydroxylation sites is 1. The number of thiophene rings is 1. The molecule has 0 aliphatic carbocycles. The first kappa shape index (κ1) is 18.5. The van der Waals surface area contributed by atoms with Gasteiger partial charge in [0.05, 0.1) is 9.90 Å². The van der Waals surface area contributed by atoms with Crippen LogP contribution in [0, 0.1) is 0 Å². The van der Waals surface area contributed by atoms with Crippen LogP contribution in [-0.2, 0) is 4.79 Å². The number of hydrogen-bond donors (Lipinski definition) is 2. The molecule has 0 spiro atoms. The van der Waals surface area contributed by atoms with Crippen molar-refractivity contribution in [2.45, 2.75) is 6.04 Å². The molecule has 0 fully saturated rings. The van der Waals surface area contributed by atoms with Gasteiger partial charge in [-0.05, 0) is 23.8 Å². The van der Waals surface area contributed by atoms with E-state index < -0.39 is 11.9 Å². The fourth-order valence-electron chi connectivity index (χ4n) is 2.39. The maximum atomic E-state index is 12.8. The molecule has 0 aliphatic rings. The van der Waals surface area contributed by atoms with Crippen LogP contribution in [0.5, 0.6) is 0 Å². The summed E-state index contributed by atoms with van der Waals surface area (Å²) in [4.78, 5) is 25.4. The Hall–Kier alpha value is -2.34. The molecular formula is C19H14Cl2N2O2S. The van der Waals surface area contributed by atoms with Gasteiger partial charge in [-0.15, -0.1) is 11.3 Å². The van der Waals surface area contributed by atoms with Gasteiger partial charge in [-0.2, -0.15) is 0 Å². The summed E-state index contributed by atoms with van der Waals surface area (Å²) in [6.07, 6.45) is 0. The van der Waals surface area contributed by atoms with E-state index in [1.165, 1.54) is 6.07 Å². The Balaban J connectivity index is 1.85. The molecule has 132 valence electrons. The smallest absolute Gasteiger partial charge is 0.254 e. The first-order valence-corrected chi connectivity index (χ1v) is 9.28. The summed E-state index contributed by atoms with van der Waals surface area (Å²) in [5.74, 6) is -0.816. The van der Waals surface area contributed by atoms with Gasteiger partial charge in [-0.3, -0.25) is 9.59 Å². The molecule has 0 aliphatic heterocycles. The minimum Gasteiger partial charge on any atom is -0.336 e. The molecule has 0 radical (unpaired) electrons. The van der Waals surface area contributed by atoms with Gasteiger partial charge < -0.3 is 10.6 Å². The van der Waals surface area contributed by atoms with Gasteiger partial charge in [-0.25, -0.2) is 0 Å². The Kier molecular flexibility index (Phi) is 5.93. The van der Waals surface area contributed by atoms with E-state index in [9.17, 15) is 9.59 Å². The van der Waals surface area contributed by atoms with Crippen molar-refractivity contribution >= 4 is 52.0 Å². The quantitative estimate of drug-likeness (QED) is 0.616. The second-order valence-corrected chi connectivity index (χ2v) is 7.70. The number of benzene rings is 2. The minimum atomic E-state index is -0.876. The molecule has 0 saturated heterocycles. The second kappa shape index (κ2) is 8.36. The van der Waals surface area contributed by atoms with Crippen LogP contribution < -0.4 is 10.6 Å². The van der Waals surface area contributed by atoms with Crippen molar-refractivity contribution < 1.29 is 9.59 Å². The molecular weight excluding hydrogens is 391 g/mol. The van der Waals surface area contributed by atoms with Gasteiger partial charge in [-0.1, -0.05) is 71.7 Å². The molecule has 3 rings (SSSR count). The van der Waals surface area contributed by atoms with Gasteiger partial charge in [0.2, 0.25) is 0 Å². The van der Waals surface area contributed by atoms with E-state index in [2.05, 4.69) is 10.6 Å². The Morgan fingerprint density at radius 3 is 2.12 bits per heavy atom. The largest absolute Gasteiger partial charge is 0.336 e. The highest BCUT2D eigenvalue weighted by atomic mass is 35.5. The molecule has 26 heavy (non-hydrogen) atoms. The lowest BCUT2D eigenvalue weighted by Gasteiger charge is -2.19. The van der Waals surface area contributed by atoms with Gasteiger partial charge in [0, 0.05) is 5.69 Å². The summed E-state index contributed by atoms with van der Waals surface area (Å²) in [5, 5.41) is 5.54. The molecule has 2 aromatic carbocycles. The Labute approximate surface area is 164 Å². The Morgan fingerprint density at radius 1 is 0.923 bits per heavy atom. The summed E-state index contributed by atoms with van der Waals surface area (Å²) < 4.78 is 0.688. The fraction of sp³-hybridized carbons (Fsp3) is 0.0526. The summed E-state index contributed by atoms with van der Waals surface area (Å²) in [6.45, 7) is 0. The predicted molar refractivity (Wildman–Crippen MR) is 106 cm³/mol. The average Bonchev–Trinajstić information content (AvgIpc) is 2.99. The number of carbonyl (C=O) groups excluding carboxylic acids is 2. The first-order chi connectivity index (χ1) is 12.5. The summed E-state index contributed by atoms with van der Waals surface area (Å²) in [5.41, 5.74) is 1.55. The molecule has 0 saturated carbocycles. The normalized spacial score (nSPS) is 11.6. The van der Waals surface area contributed by atoms with E-state index in [4.69, 9.17) is 23.2 Å². The van der Waals surface area contributed by atoms with Crippen LogP contribution in [-0.4, -0.2) is 11.8 Å². The highest BCUT2D eigenvalue weighted by molar-refractivity contribution is 7.20. The van der Waals surface area contributed by atoms with E-state index in [0.29, 0.717) is 15.6 Å². The van der Waals surface area contributed by atoms with Crippen LogP contribution in [0.3, 0.4) is 0 Å². The number of halogens is 2. The van der Waals surface area contributed by atoms with Crippen LogP contribution in [0.4, 0.5) is 5.69 Å². The molecule has 2 amide bonds. The Morgan fingerprint density at radius 2 is 1.54 bits per heavy atom. The van der Waals surface area contributed by atoms with Gasteiger partial charge in [0.25, 0.3) is 11.8 Å². The van der Waals surface area contributed by atoms with E-state index in [1.54, 1.807) is 36.4 Å². The maximum Gasteiger partial charge on any atom is 0.254 e. The molecule has 4 nitrogen and oxygen atoms in total. The van der Waals surface area contributed by atoms with Gasteiger partial charge >= 0.3 is 0 Å². The zero-order valence-corrected chi connectivity index (χ0v) is 15.7. The molecule has 1 aromatic heterocycles. The number of amides is 2. The molecule has 2 N–H and O–H groups in total. The minimum absolute atomic E-state index is 0.245. The molecule has 3 aromatic rings. The zero-order valence-electron chi connectivity index (χ0n) is 13.4. The number of anilines is 1. The third-order valence-electron chi connectivity index (χ3n) is 3.61. The van der Waals surface area contributed by atoms with Crippen molar-refractivity contribution in [3.63, 3.8) is 0 Å². The van der Waals surface area contributed by atoms with Crippen molar-refractivity contribution in [2.75, 3.05) is 5.32 Å². The third kappa shape index (κ3) is 4.43. The monoisotopic (exact) mass is 404 g/mol. The van der Waals surface area contributed by atoms with Crippen molar-refractivity contribution in [3.05, 3.63) is 86.5 Å². The molecule has 7 heteroatoms. The average molecular weight is 405 g/mol. The standard InChI is InChI=1S/C19H14Cl2N2O2S/c20-15-11-14(17(21)26-15)18(24)23-16(12-7-3-1-4-8-12)19(25)22-13-9-5-2-6-10-13/h1-11,16H,(H,22,25)(H,23,24). The van der Waals surface area contributed by atoms with Crippen LogP contribution in [0.2, 0.25) is 8.67 Å². The summed E-state index contributed by atoms with van der Waals surface area (Å²) in [7, 11) is 0. The Bertz CT molecular complexity index is 914. The first-order valence-electron chi connectivity index (χ1n) is 7.71. The lowest BCUT2D eigenvalue weighted by molar-refractivity contribution is -0.118. The molecule has 0 bridgehead atoms. The number of nitrogens with one attached hydrogen (secondary N) is 2. The molecule has 1 unspecified atom stereocenters. The van der Waals surface area contributed by atoms with E-state index in [0.717, 1.165) is 11.3 Å². The van der Waals surface area contributed by atoms with Crippen LogP contribution >= 0.6 is 34.5 Å². The van der Waals surface area contributed by atoms with Crippen molar-refractivity contribution in [1.29, 1.82) is 0 Å². The molecule has 1 atom stereocenters. The lowest BCUT2D eigenvalue weighted by atomic mass is 10.1. The van der Waals surface area contributed by atoms with Crippen LogP contribution in [0.1, 0.15) is 22.0 Å². The fourth-order valence-corrected chi connectivity index (χ4v) is 3.84. The lowest BCUT2D eigenvalue weighted by Crippen LogP contribution is -2.37. The number of hydrogen-bond acceptors (Lipinski definition) is 3. The third-order valence-corrected chi connectivity index (χ3v) is 5.10. The maximum absolute atomic E-state index is 12.8. The van der Waals surface area contributed by atoms with Crippen molar-refractivity contribution in [2.24, 2.45) is 0 Å². The second-order valence-electron chi connectivity index (χ2n) is 5.41. The van der Waals surface area contributed by atoms with Crippen LogP contribution in [0.25, 0.3) is 0 Å². The highest BCUT2D eigenvalue weighted by Crippen LogP contribution is 2.31. The highest BCUT2D eigenvalue weighted by Gasteiger charge is 2.25. The van der Waals surface area contributed by atoms with Crippen molar-refractivity contribution in [3.8, 4) is 0 Å². The number of carbonyl (C=O) groups is 2. The SMILES string of the molecule is O=C(NC(C(=O)Nc1ccccc1)c1ccccc1)c1cc(Cl)sc1Cl. The van der Waals surface area contributed by atoms with Crippen molar-refractivity contribution in [1.82, 2.24) is 5.32 Å². The molecule has 1 heterocycles. The predicted octanol–water partition coefficient (Wildman–Crippen LogP) is 5.16. The van der Waals surface area contributed by atoms with E-state index in [1.807, 2.05) is 24.3 Å². The van der Waals surface area contributed by atoms with Gasteiger partial charge in [0.1, 0.15) is 10.4 Å². The van der Waals surface area contributed by atoms with Gasteiger partial charge in [0.15, 0.2) is 0 Å². The summed E-state index contributed by atoms with van der Waals surface area (Å²) >= 11 is 13.1. The zero-order chi connectivity index (χ0) is 18.5. The van der Waals surface area contributed by atoms with E-state index >= 15 is 0 Å². The van der Waals surface area contributed by atoms with Crippen LogP contribution in [0.15, 0.2) is 66.7 Å². The number of rotatable bonds is 5. The summed E-state index contributed by atoms with van der Waals surface area (Å²) in [6, 6.07) is 18.7. The topological polar surface area (TPSA) is 58.2 Å². The van der Waals surface area contributed by atoms with E-state index in [-0.39, 0.29) is 15.8 Å².